The summed E-state index contributed by atoms with van der Waals surface area (Å²) in [5, 5.41) is 2.91. The topological polar surface area (TPSA) is 73.2 Å². The molecule has 1 aromatic heterocycles. The molecule has 2 aromatic rings. The fourth-order valence-electron chi connectivity index (χ4n) is 2.34. The number of hydrogen-bond acceptors (Lipinski definition) is 5. The number of ether oxygens (including phenoxy) is 3. The van der Waals surface area contributed by atoms with Crippen molar-refractivity contribution in [2.45, 2.75) is 13.1 Å². The van der Waals surface area contributed by atoms with E-state index in [0.29, 0.717) is 37.7 Å². The zero-order valence-corrected chi connectivity index (χ0v) is 14.8. The first-order valence-electron chi connectivity index (χ1n) is 7.91. The Morgan fingerprint density at radius 2 is 1.92 bits per heavy atom. The zero-order chi connectivity index (χ0) is 18.1. The molecule has 0 saturated heterocycles. The molecule has 1 heterocycles. The SMILES string of the molecule is COCCN(Cc1ccoc1)C(=O)NCc1ccc(OC)c(OC)c1. The summed E-state index contributed by atoms with van der Waals surface area (Å²) in [7, 11) is 4.78. The molecule has 0 fully saturated rings. The molecule has 1 N–H and O–H groups in total. The Hall–Kier alpha value is -2.67. The smallest absolute Gasteiger partial charge is 0.318 e. The van der Waals surface area contributed by atoms with E-state index in [-0.39, 0.29) is 6.03 Å². The van der Waals surface area contributed by atoms with Gasteiger partial charge >= 0.3 is 6.03 Å². The minimum absolute atomic E-state index is 0.173. The first-order valence-corrected chi connectivity index (χ1v) is 7.91. The molecule has 2 rings (SSSR count). The number of nitrogens with one attached hydrogen (secondary N) is 1. The van der Waals surface area contributed by atoms with Gasteiger partial charge in [0.25, 0.3) is 0 Å². The number of hydrogen-bond donors (Lipinski definition) is 1. The Labute approximate surface area is 147 Å². The van der Waals surface area contributed by atoms with Crippen molar-refractivity contribution >= 4 is 6.03 Å². The summed E-state index contributed by atoms with van der Waals surface area (Å²) in [6, 6.07) is 7.20. The van der Waals surface area contributed by atoms with Crippen LogP contribution in [0.5, 0.6) is 11.5 Å². The Morgan fingerprint density at radius 1 is 1.12 bits per heavy atom. The van der Waals surface area contributed by atoms with Crippen LogP contribution in [0.3, 0.4) is 0 Å². The fraction of sp³-hybridized carbons (Fsp3) is 0.389. The third kappa shape index (κ3) is 5.42. The van der Waals surface area contributed by atoms with E-state index in [2.05, 4.69) is 5.32 Å². The molecule has 0 unspecified atom stereocenters. The molecule has 0 aliphatic heterocycles. The standard InChI is InChI=1S/C18H24N2O5/c1-22-9-7-20(12-15-6-8-25-13-15)18(21)19-11-14-4-5-16(23-2)17(10-14)24-3/h4-6,8,10,13H,7,9,11-12H2,1-3H3,(H,19,21). The summed E-state index contributed by atoms with van der Waals surface area (Å²) < 4.78 is 20.6. The van der Waals surface area contributed by atoms with Crippen molar-refractivity contribution in [3.05, 3.63) is 47.9 Å². The van der Waals surface area contributed by atoms with Gasteiger partial charge in [0, 0.05) is 25.8 Å². The van der Waals surface area contributed by atoms with E-state index in [1.54, 1.807) is 38.8 Å². The van der Waals surface area contributed by atoms with Crippen LogP contribution in [0.2, 0.25) is 0 Å². The van der Waals surface area contributed by atoms with Crippen LogP contribution < -0.4 is 14.8 Å². The molecule has 0 aliphatic carbocycles. The lowest BCUT2D eigenvalue weighted by molar-refractivity contribution is 0.146. The summed E-state index contributed by atoms with van der Waals surface area (Å²) >= 11 is 0. The minimum atomic E-state index is -0.173. The van der Waals surface area contributed by atoms with Crippen LogP contribution >= 0.6 is 0 Å². The van der Waals surface area contributed by atoms with Crippen LogP contribution in [0, 0.1) is 0 Å². The van der Waals surface area contributed by atoms with E-state index in [1.807, 2.05) is 24.3 Å². The second-order valence-corrected chi connectivity index (χ2v) is 5.39. The largest absolute Gasteiger partial charge is 0.493 e. The van der Waals surface area contributed by atoms with Gasteiger partial charge in [-0.3, -0.25) is 0 Å². The van der Waals surface area contributed by atoms with Crippen molar-refractivity contribution in [1.29, 1.82) is 0 Å². The van der Waals surface area contributed by atoms with E-state index >= 15 is 0 Å². The van der Waals surface area contributed by atoms with Gasteiger partial charge in [-0.05, 0) is 23.8 Å². The summed E-state index contributed by atoms with van der Waals surface area (Å²) in [5.74, 6) is 1.28. The lowest BCUT2D eigenvalue weighted by atomic mass is 10.2. The minimum Gasteiger partial charge on any atom is -0.493 e. The molecule has 7 heteroatoms. The third-order valence-corrected chi connectivity index (χ3v) is 3.70. The maximum atomic E-state index is 12.5. The molecule has 0 bridgehead atoms. The van der Waals surface area contributed by atoms with Gasteiger partial charge in [-0.2, -0.15) is 0 Å². The molecule has 1 aromatic carbocycles. The summed E-state index contributed by atoms with van der Waals surface area (Å²) in [6.45, 7) is 1.78. The van der Waals surface area contributed by atoms with Gasteiger partial charge in [-0.25, -0.2) is 4.79 Å². The highest BCUT2D eigenvalue weighted by molar-refractivity contribution is 5.74. The van der Waals surface area contributed by atoms with Gasteiger partial charge in [0.05, 0.1) is 39.9 Å². The number of urea groups is 1. The first kappa shape index (κ1) is 18.7. The van der Waals surface area contributed by atoms with Crippen molar-refractivity contribution in [2.75, 3.05) is 34.5 Å². The number of carbonyl (C=O) groups is 1. The molecular weight excluding hydrogens is 324 g/mol. The molecule has 0 spiro atoms. The number of methoxy groups -OCH3 is 3. The maximum Gasteiger partial charge on any atom is 0.318 e. The van der Waals surface area contributed by atoms with E-state index in [9.17, 15) is 4.79 Å². The quantitative estimate of drug-likeness (QED) is 0.754. The summed E-state index contributed by atoms with van der Waals surface area (Å²) in [6.07, 6.45) is 3.22. The summed E-state index contributed by atoms with van der Waals surface area (Å²) in [5.41, 5.74) is 1.85. The lowest BCUT2D eigenvalue weighted by Crippen LogP contribution is -2.40. The van der Waals surface area contributed by atoms with Crippen LogP contribution in [0.1, 0.15) is 11.1 Å². The van der Waals surface area contributed by atoms with E-state index in [4.69, 9.17) is 18.6 Å². The molecule has 0 radical (unpaired) electrons. The van der Waals surface area contributed by atoms with Crippen LogP contribution in [0.15, 0.2) is 41.2 Å². The number of amides is 2. The van der Waals surface area contributed by atoms with Crippen molar-refractivity contribution in [3.63, 3.8) is 0 Å². The highest BCUT2D eigenvalue weighted by Crippen LogP contribution is 2.27. The number of rotatable bonds is 9. The average molecular weight is 348 g/mol. The monoisotopic (exact) mass is 348 g/mol. The average Bonchev–Trinajstić information content (AvgIpc) is 3.15. The van der Waals surface area contributed by atoms with Crippen molar-refractivity contribution < 1.29 is 23.4 Å². The molecule has 136 valence electrons. The maximum absolute atomic E-state index is 12.5. The summed E-state index contributed by atoms with van der Waals surface area (Å²) in [4.78, 5) is 14.2. The van der Waals surface area contributed by atoms with Gasteiger partial charge in [-0.1, -0.05) is 6.07 Å². The Morgan fingerprint density at radius 3 is 2.56 bits per heavy atom. The molecular formula is C18H24N2O5. The van der Waals surface area contributed by atoms with Crippen molar-refractivity contribution in [1.82, 2.24) is 10.2 Å². The van der Waals surface area contributed by atoms with Gasteiger partial charge in [0.2, 0.25) is 0 Å². The Kier molecular flexibility index (Phi) is 7.16. The first-order chi connectivity index (χ1) is 12.2. The van der Waals surface area contributed by atoms with Gasteiger partial charge in [-0.15, -0.1) is 0 Å². The normalized spacial score (nSPS) is 10.4. The highest BCUT2D eigenvalue weighted by atomic mass is 16.5. The van der Waals surface area contributed by atoms with E-state index < -0.39 is 0 Å². The molecule has 25 heavy (non-hydrogen) atoms. The van der Waals surface area contributed by atoms with Crippen molar-refractivity contribution in [2.24, 2.45) is 0 Å². The van der Waals surface area contributed by atoms with Crippen LogP contribution in [-0.2, 0) is 17.8 Å². The van der Waals surface area contributed by atoms with Gasteiger partial charge < -0.3 is 28.8 Å². The zero-order valence-electron chi connectivity index (χ0n) is 14.8. The van der Waals surface area contributed by atoms with Crippen molar-refractivity contribution in [3.8, 4) is 11.5 Å². The second kappa shape index (κ2) is 9.58. The van der Waals surface area contributed by atoms with Crippen LogP contribution in [0.25, 0.3) is 0 Å². The van der Waals surface area contributed by atoms with Crippen LogP contribution in [-0.4, -0.2) is 45.4 Å². The number of carbonyl (C=O) groups excluding carboxylic acids is 1. The molecule has 7 nitrogen and oxygen atoms in total. The predicted molar refractivity (Wildman–Crippen MR) is 92.8 cm³/mol. The van der Waals surface area contributed by atoms with Crippen LogP contribution in [0.4, 0.5) is 4.79 Å². The number of furan rings is 1. The number of benzene rings is 1. The van der Waals surface area contributed by atoms with Gasteiger partial charge in [0.1, 0.15) is 0 Å². The van der Waals surface area contributed by atoms with E-state index in [1.165, 1.54) is 0 Å². The Balaban J connectivity index is 1.97. The molecule has 0 aliphatic rings. The fourth-order valence-corrected chi connectivity index (χ4v) is 2.34. The highest BCUT2D eigenvalue weighted by Gasteiger charge is 2.14. The molecule has 0 saturated carbocycles. The molecule has 0 atom stereocenters. The number of nitrogens with zero attached hydrogens (tertiary/aromatic N) is 1. The predicted octanol–water partition coefficient (Wildman–Crippen LogP) is 2.66. The third-order valence-electron chi connectivity index (χ3n) is 3.70. The van der Waals surface area contributed by atoms with E-state index in [0.717, 1.165) is 11.1 Å². The Bertz CT molecular complexity index is 657. The lowest BCUT2D eigenvalue weighted by Gasteiger charge is -2.22. The van der Waals surface area contributed by atoms with Gasteiger partial charge in [0.15, 0.2) is 11.5 Å². The second-order valence-electron chi connectivity index (χ2n) is 5.39. The molecule has 2 amide bonds.